The summed E-state index contributed by atoms with van der Waals surface area (Å²) in [6, 6.07) is 0. The molecule has 0 aliphatic carbocycles. The Balaban J connectivity index is 2.23. The van der Waals surface area contributed by atoms with E-state index < -0.39 is 0 Å². The first-order valence-corrected chi connectivity index (χ1v) is 5.72. The maximum absolute atomic E-state index is 10.5. The summed E-state index contributed by atoms with van der Waals surface area (Å²) in [4.78, 5) is 14.8. The number of thioether (sulfide) groups is 1. The Hall–Kier alpha value is -0.710. The molecule has 0 bridgehead atoms. The molecule has 0 saturated carbocycles. The van der Waals surface area contributed by atoms with E-state index in [-0.39, 0.29) is 11.4 Å². The number of amidine groups is 1. The molecule has 1 heterocycles. The predicted molar refractivity (Wildman–Crippen MR) is 60.4 cm³/mol. The highest BCUT2D eigenvalue weighted by atomic mass is 32.2. The lowest BCUT2D eigenvalue weighted by Crippen LogP contribution is -2.36. The quantitative estimate of drug-likeness (QED) is 0.679. The Kier molecular flexibility index (Phi) is 3.80. The molecule has 1 aliphatic heterocycles. The van der Waals surface area contributed by atoms with Crippen molar-refractivity contribution in [2.45, 2.75) is 32.2 Å². The van der Waals surface area contributed by atoms with E-state index in [4.69, 9.17) is 5.73 Å². The van der Waals surface area contributed by atoms with E-state index in [0.717, 1.165) is 17.3 Å². The second-order valence-electron chi connectivity index (χ2n) is 4.05. The predicted octanol–water partition coefficient (Wildman–Crippen LogP) is 0.723. The fourth-order valence-corrected chi connectivity index (χ4v) is 2.23. The number of nitrogens with zero attached hydrogens (tertiary/aromatic N) is 1. The van der Waals surface area contributed by atoms with E-state index in [1.807, 2.05) is 0 Å². The van der Waals surface area contributed by atoms with Gasteiger partial charge in [-0.15, -0.1) is 0 Å². The number of rotatable bonds is 4. The van der Waals surface area contributed by atoms with Gasteiger partial charge in [-0.05, 0) is 20.3 Å². The molecule has 1 saturated heterocycles. The lowest BCUT2D eigenvalue weighted by atomic mass is 10.1. The minimum atomic E-state index is -0.252. The second-order valence-corrected chi connectivity index (χ2v) is 5.02. The van der Waals surface area contributed by atoms with Crippen LogP contribution in [0, 0.1) is 0 Å². The van der Waals surface area contributed by atoms with Gasteiger partial charge in [0.15, 0.2) is 5.17 Å². The van der Waals surface area contributed by atoms with Crippen LogP contribution in [-0.4, -0.2) is 28.9 Å². The van der Waals surface area contributed by atoms with Gasteiger partial charge in [0.1, 0.15) is 0 Å². The largest absolute Gasteiger partial charge is 0.370 e. The van der Waals surface area contributed by atoms with Crippen LogP contribution in [0.4, 0.5) is 0 Å². The van der Waals surface area contributed by atoms with E-state index >= 15 is 0 Å². The number of carbonyl (C=O) groups excluding carboxylic acids is 1. The Bertz CT molecular complexity index is 250. The maximum Gasteiger partial charge on any atom is 0.217 e. The van der Waals surface area contributed by atoms with Gasteiger partial charge in [0.25, 0.3) is 0 Å². The molecular formula is C9H17N3OS. The van der Waals surface area contributed by atoms with Crippen molar-refractivity contribution in [2.75, 3.05) is 12.3 Å². The third-order valence-corrected chi connectivity index (χ3v) is 3.22. The molecule has 14 heavy (non-hydrogen) atoms. The Morgan fingerprint density at radius 2 is 2.43 bits per heavy atom. The van der Waals surface area contributed by atoms with E-state index in [9.17, 15) is 4.79 Å². The summed E-state index contributed by atoms with van der Waals surface area (Å²) in [5.41, 5.74) is 5.17. The van der Waals surface area contributed by atoms with Crippen LogP contribution < -0.4 is 11.1 Å². The van der Waals surface area contributed by atoms with Crippen LogP contribution in [0.5, 0.6) is 0 Å². The SMILES string of the molecule is CC1(C)CSC(=NCCCC(N)=O)N1. The zero-order valence-corrected chi connectivity index (χ0v) is 9.49. The number of amides is 1. The molecule has 4 nitrogen and oxygen atoms in total. The number of nitrogens with one attached hydrogen (secondary N) is 1. The fraction of sp³-hybridized carbons (Fsp3) is 0.778. The van der Waals surface area contributed by atoms with E-state index in [2.05, 4.69) is 24.2 Å². The van der Waals surface area contributed by atoms with Crippen LogP contribution in [0.25, 0.3) is 0 Å². The molecule has 0 atom stereocenters. The van der Waals surface area contributed by atoms with Gasteiger partial charge in [0.2, 0.25) is 5.91 Å². The van der Waals surface area contributed by atoms with Crippen molar-refractivity contribution in [3.05, 3.63) is 0 Å². The number of carbonyl (C=O) groups is 1. The fourth-order valence-electron chi connectivity index (χ4n) is 1.13. The molecule has 0 aromatic rings. The second kappa shape index (κ2) is 4.68. The van der Waals surface area contributed by atoms with Gasteiger partial charge in [0.05, 0.1) is 0 Å². The molecule has 3 N–H and O–H groups in total. The van der Waals surface area contributed by atoms with Crippen LogP contribution in [0.3, 0.4) is 0 Å². The minimum absolute atomic E-state index is 0.146. The van der Waals surface area contributed by atoms with Gasteiger partial charge in [-0.2, -0.15) is 0 Å². The molecule has 0 unspecified atom stereocenters. The summed E-state index contributed by atoms with van der Waals surface area (Å²) < 4.78 is 0. The van der Waals surface area contributed by atoms with Gasteiger partial charge in [-0.25, -0.2) is 0 Å². The van der Waals surface area contributed by atoms with Crippen molar-refractivity contribution < 1.29 is 4.79 Å². The Labute approximate surface area is 88.7 Å². The highest BCUT2D eigenvalue weighted by molar-refractivity contribution is 8.14. The first-order valence-electron chi connectivity index (χ1n) is 4.73. The van der Waals surface area contributed by atoms with Gasteiger partial charge < -0.3 is 11.1 Å². The molecule has 0 spiro atoms. The third kappa shape index (κ3) is 4.00. The zero-order chi connectivity index (χ0) is 10.6. The number of aliphatic imine (C=N–C) groups is 1. The Morgan fingerprint density at radius 1 is 1.71 bits per heavy atom. The summed E-state index contributed by atoms with van der Waals surface area (Å²) in [7, 11) is 0. The standard InChI is InChI=1S/C9H17N3OS/c1-9(2)6-14-8(12-9)11-5-3-4-7(10)13/h3-6H2,1-2H3,(H2,10,13)(H,11,12). The van der Waals surface area contributed by atoms with E-state index in [1.165, 1.54) is 0 Å². The number of primary amides is 1. The molecule has 0 aromatic carbocycles. The average Bonchev–Trinajstić information content (AvgIpc) is 2.39. The third-order valence-electron chi connectivity index (χ3n) is 1.85. The lowest BCUT2D eigenvalue weighted by Gasteiger charge is -2.15. The molecule has 0 aromatic heterocycles. The molecule has 1 rings (SSSR count). The van der Waals surface area contributed by atoms with E-state index in [0.29, 0.717) is 13.0 Å². The highest BCUT2D eigenvalue weighted by Gasteiger charge is 2.26. The summed E-state index contributed by atoms with van der Waals surface area (Å²) in [5.74, 6) is 0.791. The van der Waals surface area contributed by atoms with Gasteiger partial charge in [-0.1, -0.05) is 11.8 Å². The summed E-state index contributed by atoms with van der Waals surface area (Å²) in [5, 5.41) is 4.30. The van der Waals surface area contributed by atoms with Crippen LogP contribution in [0.15, 0.2) is 4.99 Å². The zero-order valence-electron chi connectivity index (χ0n) is 8.67. The molecule has 1 fully saturated rings. The van der Waals surface area contributed by atoms with Gasteiger partial charge in [0, 0.05) is 24.3 Å². The first kappa shape index (κ1) is 11.4. The molecule has 1 aliphatic rings. The average molecular weight is 215 g/mol. The lowest BCUT2D eigenvalue weighted by molar-refractivity contribution is -0.118. The van der Waals surface area contributed by atoms with Crippen molar-refractivity contribution in [3.63, 3.8) is 0 Å². The summed E-state index contributed by atoms with van der Waals surface area (Å²) in [6.07, 6.45) is 1.16. The van der Waals surface area contributed by atoms with Crippen molar-refractivity contribution in [1.82, 2.24) is 5.32 Å². The topological polar surface area (TPSA) is 67.5 Å². The van der Waals surface area contributed by atoms with Gasteiger partial charge >= 0.3 is 0 Å². The van der Waals surface area contributed by atoms with Crippen LogP contribution in [0.2, 0.25) is 0 Å². The molecule has 0 radical (unpaired) electrons. The number of nitrogens with two attached hydrogens (primary N) is 1. The van der Waals surface area contributed by atoms with Crippen molar-refractivity contribution in [2.24, 2.45) is 10.7 Å². The smallest absolute Gasteiger partial charge is 0.217 e. The number of hydrogen-bond acceptors (Lipinski definition) is 3. The molecule has 1 amide bonds. The normalized spacial score (nSPS) is 22.3. The maximum atomic E-state index is 10.5. The van der Waals surface area contributed by atoms with Crippen LogP contribution in [-0.2, 0) is 4.79 Å². The monoisotopic (exact) mass is 215 g/mol. The van der Waals surface area contributed by atoms with Crippen LogP contribution in [0.1, 0.15) is 26.7 Å². The van der Waals surface area contributed by atoms with Crippen molar-refractivity contribution in [1.29, 1.82) is 0 Å². The van der Waals surface area contributed by atoms with Crippen molar-refractivity contribution in [3.8, 4) is 0 Å². The highest BCUT2D eigenvalue weighted by Crippen LogP contribution is 2.21. The summed E-state index contributed by atoms with van der Waals surface area (Å²) >= 11 is 1.73. The van der Waals surface area contributed by atoms with Crippen molar-refractivity contribution >= 4 is 22.8 Å². The minimum Gasteiger partial charge on any atom is -0.370 e. The molecule has 80 valence electrons. The Morgan fingerprint density at radius 3 is 2.93 bits per heavy atom. The first-order chi connectivity index (χ1) is 6.49. The number of hydrogen-bond donors (Lipinski definition) is 2. The van der Waals surface area contributed by atoms with Gasteiger partial charge in [-0.3, -0.25) is 9.79 Å². The molecule has 5 heteroatoms. The van der Waals surface area contributed by atoms with E-state index in [1.54, 1.807) is 11.8 Å². The molecular weight excluding hydrogens is 198 g/mol. The van der Waals surface area contributed by atoms with Crippen LogP contribution >= 0.6 is 11.8 Å². The summed E-state index contributed by atoms with van der Waals surface area (Å²) in [6.45, 7) is 4.96.